The molecule has 0 aromatic carbocycles. The predicted octanol–water partition coefficient (Wildman–Crippen LogP) is 0.956. The molecule has 4 heteroatoms. The SMILES string of the molecule is CC1CC(c2cn(C)nn2)=CC(N)C1. The van der Waals surface area contributed by atoms with Crippen molar-refractivity contribution in [3.05, 3.63) is 18.0 Å². The average molecular weight is 192 g/mol. The molecule has 2 rings (SSSR count). The van der Waals surface area contributed by atoms with Gasteiger partial charge in [-0.15, -0.1) is 5.10 Å². The van der Waals surface area contributed by atoms with Crippen molar-refractivity contribution in [1.82, 2.24) is 15.0 Å². The van der Waals surface area contributed by atoms with E-state index in [4.69, 9.17) is 5.73 Å². The van der Waals surface area contributed by atoms with Crippen LogP contribution in [0.4, 0.5) is 0 Å². The second kappa shape index (κ2) is 3.53. The molecule has 0 radical (unpaired) electrons. The summed E-state index contributed by atoms with van der Waals surface area (Å²) in [5, 5.41) is 8.02. The van der Waals surface area contributed by atoms with E-state index < -0.39 is 0 Å². The Bertz CT molecular complexity index is 353. The topological polar surface area (TPSA) is 56.7 Å². The summed E-state index contributed by atoms with van der Waals surface area (Å²) in [6.07, 6.45) is 6.19. The molecule has 0 saturated heterocycles. The van der Waals surface area contributed by atoms with Crippen LogP contribution < -0.4 is 5.73 Å². The molecule has 2 atom stereocenters. The zero-order valence-corrected chi connectivity index (χ0v) is 8.64. The van der Waals surface area contributed by atoms with Crippen LogP contribution in [-0.2, 0) is 7.05 Å². The minimum Gasteiger partial charge on any atom is -0.324 e. The lowest BCUT2D eigenvalue weighted by molar-refractivity contribution is 0.495. The highest BCUT2D eigenvalue weighted by molar-refractivity contribution is 5.63. The van der Waals surface area contributed by atoms with Crippen LogP contribution in [0.2, 0.25) is 0 Å². The van der Waals surface area contributed by atoms with E-state index in [9.17, 15) is 0 Å². The second-order valence-corrected chi connectivity index (χ2v) is 4.18. The molecule has 0 bridgehead atoms. The smallest absolute Gasteiger partial charge is 0.108 e. The first kappa shape index (κ1) is 9.40. The third kappa shape index (κ3) is 1.85. The normalized spacial score (nSPS) is 27.5. The van der Waals surface area contributed by atoms with Crippen molar-refractivity contribution in [1.29, 1.82) is 0 Å². The monoisotopic (exact) mass is 192 g/mol. The van der Waals surface area contributed by atoms with Crippen LogP contribution in [0.15, 0.2) is 12.3 Å². The fraction of sp³-hybridized carbons (Fsp3) is 0.600. The number of hydrogen-bond acceptors (Lipinski definition) is 3. The number of nitrogens with two attached hydrogens (primary N) is 1. The molecule has 1 aromatic heterocycles. The van der Waals surface area contributed by atoms with Gasteiger partial charge in [0, 0.05) is 13.1 Å². The standard InChI is InChI=1S/C10H16N4/c1-7-3-8(5-9(11)4-7)10-6-14(2)13-12-10/h5-7,9H,3-4,11H2,1-2H3. The molecule has 0 spiro atoms. The van der Waals surface area contributed by atoms with Gasteiger partial charge in [-0.3, -0.25) is 4.68 Å². The Kier molecular flexibility index (Phi) is 2.37. The molecule has 0 fully saturated rings. The zero-order chi connectivity index (χ0) is 10.1. The van der Waals surface area contributed by atoms with E-state index in [2.05, 4.69) is 23.3 Å². The van der Waals surface area contributed by atoms with Gasteiger partial charge in [0.2, 0.25) is 0 Å². The fourth-order valence-corrected chi connectivity index (χ4v) is 2.00. The van der Waals surface area contributed by atoms with Gasteiger partial charge in [0.15, 0.2) is 0 Å². The largest absolute Gasteiger partial charge is 0.324 e. The number of aryl methyl sites for hydroxylation is 1. The van der Waals surface area contributed by atoms with Crippen LogP contribution in [0.3, 0.4) is 0 Å². The summed E-state index contributed by atoms with van der Waals surface area (Å²) in [5.41, 5.74) is 8.14. The molecule has 0 amide bonds. The third-order valence-electron chi connectivity index (χ3n) is 2.59. The number of rotatable bonds is 1. The van der Waals surface area contributed by atoms with Crippen molar-refractivity contribution in [2.45, 2.75) is 25.8 Å². The minimum atomic E-state index is 0.177. The van der Waals surface area contributed by atoms with E-state index in [0.29, 0.717) is 5.92 Å². The number of aromatic nitrogens is 3. The van der Waals surface area contributed by atoms with Crippen LogP contribution >= 0.6 is 0 Å². The maximum absolute atomic E-state index is 5.93. The molecule has 1 heterocycles. The summed E-state index contributed by atoms with van der Waals surface area (Å²) in [5.74, 6) is 0.645. The van der Waals surface area contributed by atoms with Crippen LogP contribution in [0.5, 0.6) is 0 Å². The second-order valence-electron chi connectivity index (χ2n) is 4.18. The molecule has 2 unspecified atom stereocenters. The lowest BCUT2D eigenvalue weighted by Gasteiger charge is -2.22. The third-order valence-corrected chi connectivity index (χ3v) is 2.59. The minimum absolute atomic E-state index is 0.177. The van der Waals surface area contributed by atoms with Gasteiger partial charge < -0.3 is 5.73 Å². The number of hydrogen-bond donors (Lipinski definition) is 1. The van der Waals surface area contributed by atoms with Crippen molar-refractivity contribution in [3.63, 3.8) is 0 Å². The fourth-order valence-electron chi connectivity index (χ4n) is 2.00. The Morgan fingerprint density at radius 2 is 2.36 bits per heavy atom. The van der Waals surface area contributed by atoms with E-state index in [1.807, 2.05) is 13.2 Å². The van der Waals surface area contributed by atoms with Crippen molar-refractivity contribution in [2.75, 3.05) is 0 Å². The Hall–Kier alpha value is -1.16. The van der Waals surface area contributed by atoms with Crippen LogP contribution in [0.1, 0.15) is 25.5 Å². The van der Waals surface area contributed by atoms with Crippen molar-refractivity contribution >= 4 is 5.57 Å². The molecule has 1 aliphatic carbocycles. The van der Waals surface area contributed by atoms with Crippen molar-refractivity contribution in [3.8, 4) is 0 Å². The summed E-state index contributed by atoms with van der Waals surface area (Å²) >= 11 is 0. The molecule has 14 heavy (non-hydrogen) atoms. The highest BCUT2D eigenvalue weighted by Crippen LogP contribution is 2.28. The first-order chi connectivity index (χ1) is 6.65. The highest BCUT2D eigenvalue weighted by atomic mass is 15.4. The molecular weight excluding hydrogens is 176 g/mol. The van der Waals surface area contributed by atoms with Crippen molar-refractivity contribution in [2.24, 2.45) is 18.7 Å². The van der Waals surface area contributed by atoms with Gasteiger partial charge in [0.25, 0.3) is 0 Å². The van der Waals surface area contributed by atoms with Gasteiger partial charge in [-0.2, -0.15) is 0 Å². The van der Waals surface area contributed by atoms with Gasteiger partial charge in [0.05, 0.1) is 6.20 Å². The quantitative estimate of drug-likeness (QED) is 0.721. The molecule has 1 aromatic rings. The predicted molar refractivity (Wildman–Crippen MR) is 55.4 cm³/mol. The lowest BCUT2D eigenvalue weighted by atomic mass is 9.86. The summed E-state index contributed by atoms with van der Waals surface area (Å²) in [4.78, 5) is 0. The summed E-state index contributed by atoms with van der Waals surface area (Å²) < 4.78 is 1.72. The Balaban J connectivity index is 2.25. The van der Waals surface area contributed by atoms with E-state index in [1.165, 1.54) is 5.57 Å². The highest BCUT2D eigenvalue weighted by Gasteiger charge is 2.18. The van der Waals surface area contributed by atoms with Crippen molar-refractivity contribution < 1.29 is 0 Å². The number of nitrogens with zero attached hydrogens (tertiary/aromatic N) is 3. The maximum Gasteiger partial charge on any atom is 0.108 e. The van der Waals surface area contributed by atoms with E-state index in [-0.39, 0.29) is 6.04 Å². The Morgan fingerprint density at radius 3 is 2.93 bits per heavy atom. The summed E-state index contributed by atoms with van der Waals surface area (Å²) in [6.45, 7) is 2.23. The molecule has 0 aliphatic heterocycles. The Labute approximate surface area is 83.8 Å². The van der Waals surface area contributed by atoms with Crippen LogP contribution in [-0.4, -0.2) is 21.0 Å². The van der Waals surface area contributed by atoms with Gasteiger partial charge in [-0.1, -0.05) is 18.2 Å². The molecular formula is C10H16N4. The molecule has 2 N–H and O–H groups in total. The maximum atomic E-state index is 5.93. The number of allylic oxidation sites excluding steroid dienone is 1. The van der Waals surface area contributed by atoms with Gasteiger partial charge in [0.1, 0.15) is 5.69 Å². The first-order valence-corrected chi connectivity index (χ1v) is 4.98. The van der Waals surface area contributed by atoms with Gasteiger partial charge in [-0.25, -0.2) is 0 Å². The molecule has 0 saturated carbocycles. The van der Waals surface area contributed by atoms with E-state index in [0.717, 1.165) is 18.5 Å². The average Bonchev–Trinajstić information content (AvgIpc) is 2.50. The van der Waals surface area contributed by atoms with Crippen LogP contribution in [0.25, 0.3) is 5.57 Å². The molecule has 1 aliphatic rings. The Morgan fingerprint density at radius 1 is 1.57 bits per heavy atom. The summed E-state index contributed by atoms with van der Waals surface area (Å²) in [6, 6.07) is 0.177. The lowest BCUT2D eigenvalue weighted by Crippen LogP contribution is -2.24. The van der Waals surface area contributed by atoms with Crippen LogP contribution in [0, 0.1) is 5.92 Å². The zero-order valence-electron chi connectivity index (χ0n) is 8.64. The van der Waals surface area contributed by atoms with E-state index >= 15 is 0 Å². The first-order valence-electron chi connectivity index (χ1n) is 4.98. The molecule has 4 nitrogen and oxygen atoms in total. The molecule has 76 valence electrons. The van der Waals surface area contributed by atoms with Gasteiger partial charge >= 0.3 is 0 Å². The van der Waals surface area contributed by atoms with E-state index in [1.54, 1.807) is 4.68 Å². The van der Waals surface area contributed by atoms with Gasteiger partial charge in [-0.05, 0) is 24.3 Å². The summed E-state index contributed by atoms with van der Waals surface area (Å²) in [7, 11) is 1.88.